The van der Waals surface area contributed by atoms with Crippen LogP contribution in [0.4, 0.5) is 0 Å². The summed E-state index contributed by atoms with van der Waals surface area (Å²) in [7, 11) is 0. The first-order valence-corrected chi connectivity index (χ1v) is 6.99. The predicted molar refractivity (Wildman–Crippen MR) is 80.0 cm³/mol. The number of nitrogens with zero attached hydrogens (tertiary/aromatic N) is 1. The van der Waals surface area contributed by atoms with Gasteiger partial charge >= 0.3 is 5.91 Å². The number of carbonyl (C=O) groups is 1. The molecular formula is C17H17N2O2+. The quantitative estimate of drug-likeness (QED) is 0.883. The summed E-state index contributed by atoms with van der Waals surface area (Å²) in [5.74, 6) is 1.53. The molecule has 4 heteroatoms. The standard InChI is InChI=1S/C17H16N2O2/c20-16(13-21-15-9-5-2-6-10-15)19-12-11-18-17(19)14-7-3-1-4-8-14/h1-10H,11-13H2/p+1. The van der Waals surface area contributed by atoms with Crippen LogP contribution in [-0.2, 0) is 4.79 Å². The van der Waals surface area contributed by atoms with Crippen LogP contribution in [0.5, 0.6) is 5.75 Å². The molecule has 0 aliphatic carbocycles. The van der Waals surface area contributed by atoms with E-state index in [1.807, 2.05) is 60.7 Å². The van der Waals surface area contributed by atoms with E-state index in [2.05, 4.69) is 4.99 Å². The summed E-state index contributed by atoms with van der Waals surface area (Å²) < 4.78 is 5.53. The molecule has 0 fully saturated rings. The molecule has 0 spiro atoms. The molecule has 0 saturated carbocycles. The number of carbonyl (C=O) groups excluding carboxylic acids is 1. The number of para-hydroxylation sites is 1. The van der Waals surface area contributed by atoms with Crippen LogP contribution in [0.3, 0.4) is 0 Å². The maximum atomic E-state index is 12.3. The molecule has 106 valence electrons. The molecule has 0 bridgehead atoms. The molecule has 0 saturated heterocycles. The average molecular weight is 281 g/mol. The van der Waals surface area contributed by atoms with Crippen molar-refractivity contribution in [2.75, 3.05) is 19.7 Å². The van der Waals surface area contributed by atoms with E-state index in [0.717, 1.165) is 17.9 Å². The van der Waals surface area contributed by atoms with E-state index in [1.54, 1.807) is 4.90 Å². The van der Waals surface area contributed by atoms with Crippen molar-refractivity contribution >= 4 is 11.7 Å². The fourth-order valence-electron chi connectivity index (χ4n) is 2.34. The lowest BCUT2D eigenvalue weighted by Gasteiger charge is -2.11. The minimum atomic E-state index is -0.0392. The monoisotopic (exact) mass is 281 g/mol. The summed E-state index contributed by atoms with van der Waals surface area (Å²) >= 11 is 0. The average Bonchev–Trinajstić information content (AvgIpc) is 3.04. The molecule has 1 amide bonds. The van der Waals surface area contributed by atoms with Crippen molar-refractivity contribution in [1.82, 2.24) is 4.90 Å². The fraction of sp³-hybridized carbons (Fsp3) is 0.176. The Morgan fingerprint density at radius 3 is 2.43 bits per heavy atom. The summed E-state index contributed by atoms with van der Waals surface area (Å²) in [5, 5.41) is 0. The molecule has 0 unspecified atom stereocenters. The van der Waals surface area contributed by atoms with E-state index in [4.69, 9.17) is 4.74 Å². The number of hydrogen-bond donors (Lipinski definition) is 1. The van der Waals surface area contributed by atoms with Crippen molar-refractivity contribution in [3.8, 4) is 5.75 Å². The number of amides is 1. The van der Waals surface area contributed by atoms with Gasteiger partial charge in [0.2, 0.25) is 0 Å². The van der Waals surface area contributed by atoms with Gasteiger partial charge in [0.1, 0.15) is 18.8 Å². The van der Waals surface area contributed by atoms with Crippen LogP contribution in [0.25, 0.3) is 0 Å². The van der Waals surface area contributed by atoms with E-state index in [9.17, 15) is 4.79 Å². The van der Waals surface area contributed by atoms with Gasteiger partial charge in [-0.2, -0.15) is 4.90 Å². The summed E-state index contributed by atoms with van der Waals surface area (Å²) in [6.07, 6.45) is 0. The second-order valence-electron chi connectivity index (χ2n) is 4.79. The highest BCUT2D eigenvalue weighted by atomic mass is 16.5. The fourth-order valence-corrected chi connectivity index (χ4v) is 2.34. The molecule has 1 aliphatic rings. The number of hydrogen-bond acceptors (Lipinski definition) is 2. The highest BCUT2D eigenvalue weighted by Crippen LogP contribution is 2.09. The maximum Gasteiger partial charge on any atom is 0.347 e. The smallest absolute Gasteiger partial charge is 0.347 e. The van der Waals surface area contributed by atoms with E-state index >= 15 is 0 Å². The summed E-state index contributed by atoms with van der Waals surface area (Å²) in [4.78, 5) is 17.4. The molecule has 1 aliphatic heterocycles. The van der Waals surface area contributed by atoms with Crippen molar-refractivity contribution in [3.63, 3.8) is 0 Å². The molecular weight excluding hydrogens is 264 g/mol. The number of nitrogens with one attached hydrogen (secondary N) is 1. The zero-order chi connectivity index (χ0) is 14.5. The molecule has 0 atom stereocenters. The van der Waals surface area contributed by atoms with Crippen LogP contribution in [0.2, 0.25) is 0 Å². The lowest BCUT2D eigenvalue weighted by Crippen LogP contribution is -2.71. The molecule has 2 aromatic carbocycles. The van der Waals surface area contributed by atoms with Crippen molar-refractivity contribution < 1.29 is 14.5 Å². The van der Waals surface area contributed by atoms with E-state index < -0.39 is 0 Å². The Kier molecular flexibility index (Phi) is 3.96. The molecule has 1 heterocycles. The molecule has 1 N–H and O–H groups in total. The van der Waals surface area contributed by atoms with Crippen molar-refractivity contribution in [1.29, 1.82) is 0 Å². The van der Waals surface area contributed by atoms with Crippen molar-refractivity contribution in [2.45, 2.75) is 0 Å². The topological polar surface area (TPSA) is 43.5 Å². The molecule has 2 aromatic rings. The van der Waals surface area contributed by atoms with Crippen LogP contribution >= 0.6 is 0 Å². The Morgan fingerprint density at radius 2 is 1.71 bits per heavy atom. The summed E-state index contributed by atoms with van der Waals surface area (Å²) in [6, 6.07) is 19.3. The van der Waals surface area contributed by atoms with Gasteiger partial charge < -0.3 is 4.74 Å². The van der Waals surface area contributed by atoms with Gasteiger partial charge in [-0.25, -0.2) is 4.79 Å². The molecule has 21 heavy (non-hydrogen) atoms. The Balaban J connectivity index is 1.66. The third-order valence-corrected chi connectivity index (χ3v) is 3.35. The Hall–Kier alpha value is -2.62. The zero-order valence-electron chi connectivity index (χ0n) is 11.7. The van der Waals surface area contributed by atoms with E-state index in [-0.39, 0.29) is 12.5 Å². The van der Waals surface area contributed by atoms with Gasteiger partial charge in [-0.3, -0.25) is 4.99 Å². The second-order valence-corrected chi connectivity index (χ2v) is 4.79. The first-order chi connectivity index (χ1) is 10.3. The Labute approximate surface area is 123 Å². The molecule has 0 aromatic heterocycles. The first kappa shape index (κ1) is 13.4. The van der Waals surface area contributed by atoms with Gasteiger partial charge in [0.25, 0.3) is 5.84 Å². The van der Waals surface area contributed by atoms with Crippen LogP contribution in [0, 0.1) is 0 Å². The summed E-state index contributed by atoms with van der Waals surface area (Å²) in [6.45, 7) is 1.48. The van der Waals surface area contributed by atoms with Gasteiger partial charge in [0.15, 0.2) is 6.61 Å². The normalized spacial score (nSPS) is 13.9. The molecule has 3 rings (SSSR count). The van der Waals surface area contributed by atoms with Gasteiger partial charge in [-0.15, -0.1) is 0 Å². The minimum Gasteiger partial charge on any atom is -0.481 e. The Bertz CT molecular complexity index is 638. The second kappa shape index (κ2) is 6.22. The molecule has 0 radical (unpaired) electrons. The Morgan fingerprint density at radius 1 is 1.05 bits per heavy atom. The maximum absolute atomic E-state index is 12.3. The number of benzene rings is 2. The SMILES string of the molecule is O=C(COc1ccccc1)N1CC[NH+]=C1c1ccccc1. The first-order valence-electron chi connectivity index (χ1n) is 6.99. The molecule has 4 nitrogen and oxygen atoms in total. The largest absolute Gasteiger partial charge is 0.481 e. The van der Waals surface area contributed by atoms with Crippen molar-refractivity contribution in [2.24, 2.45) is 0 Å². The highest BCUT2D eigenvalue weighted by Gasteiger charge is 2.32. The van der Waals surface area contributed by atoms with E-state index in [0.29, 0.717) is 12.3 Å². The van der Waals surface area contributed by atoms with Gasteiger partial charge in [0.05, 0.1) is 5.56 Å². The van der Waals surface area contributed by atoms with Crippen LogP contribution < -0.4 is 9.73 Å². The van der Waals surface area contributed by atoms with Gasteiger partial charge in [-0.05, 0) is 24.3 Å². The number of amidine groups is 1. The number of ether oxygens (including phenoxy) is 1. The minimum absolute atomic E-state index is 0.0392. The lowest BCUT2D eigenvalue weighted by molar-refractivity contribution is -0.444. The third-order valence-electron chi connectivity index (χ3n) is 3.35. The summed E-state index contributed by atoms with van der Waals surface area (Å²) in [5.41, 5.74) is 1.02. The lowest BCUT2D eigenvalue weighted by atomic mass is 10.2. The van der Waals surface area contributed by atoms with Crippen molar-refractivity contribution in [3.05, 3.63) is 66.2 Å². The van der Waals surface area contributed by atoms with Crippen LogP contribution in [0.15, 0.2) is 60.7 Å². The van der Waals surface area contributed by atoms with Gasteiger partial charge in [0, 0.05) is 0 Å². The van der Waals surface area contributed by atoms with Crippen LogP contribution in [0.1, 0.15) is 5.56 Å². The number of rotatable bonds is 4. The zero-order valence-corrected chi connectivity index (χ0v) is 11.7. The van der Waals surface area contributed by atoms with E-state index in [1.165, 1.54) is 0 Å². The third kappa shape index (κ3) is 3.11. The highest BCUT2D eigenvalue weighted by molar-refractivity contribution is 6.05. The van der Waals surface area contributed by atoms with Gasteiger partial charge in [-0.1, -0.05) is 36.4 Å². The predicted octanol–water partition coefficient (Wildman–Crippen LogP) is 0.435. The van der Waals surface area contributed by atoms with Crippen LogP contribution in [-0.4, -0.2) is 36.3 Å².